The van der Waals surface area contributed by atoms with E-state index in [2.05, 4.69) is 14.7 Å². The molecule has 7 nitrogen and oxygen atoms in total. The van der Waals surface area contributed by atoms with Crippen LogP contribution < -0.4 is 10.3 Å². The number of carboxylic acid groups (broad SMARTS) is 1. The molecule has 0 atom stereocenters. The molecule has 3 rings (SSSR count). The number of aromatic nitrogens is 3. The third-order valence-corrected chi connectivity index (χ3v) is 3.46. The molecule has 0 saturated heterocycles. The molecule has 2 N–H and O–H groups in total. The molecule has 1 aromatic carbocycles. The predicted molar refractivity (Wildman–Crippen MR) is 76.7 cm³/mol. The first-order chi connectivity index (χ1) is 9.88. The number of benzene rings is 1. The van der Waals surface area contributed by atoms with E-state index in [0.717, 1.165) is 0 Å². The van der Waals surface area contributed by atoms with Crippen molar-refractivity contribution in [1.82, 2.24) is 14.4 Å². The smallest absolute Gasteiger partial charge is 0.449 e. The summed E-state index contributed by atoms with van der Waals surface area (Å²) in [5.74, 6) is -0.175. The number of halogens is 2. The molecule has 0 amide bonds. The summed E-state index contributed by atoms with van der Waals surface area (Å²) in [7, 11) is 0. The molecule has 0 fully saturated rings. The molecule has 3 aromatic rings. The molecule has 108 valence electrons. The van der Waals surface area contributed by atoms with Crippen LogP contribution in [0.4, 0.5) is 4.79 Å². The van der Waals surface area contributed by atoms with E-state index < -0.39 is 11.7 Å². The Morgan fingerprint density at radius 3 is 2.81 bits per heavy atom. The summed E-state index contributed by atoms with van der Waals surface area (Å²) >= 11 is 12.1. The lowest BCUT2D eigenvalue weighted by atomic mass is 10.3. The molecule has 0 unspecified atom stereocenters. The molecule has 21 heavy (non-hydrogen) atoms. The van der Waals surface area contributed by atoms with Crippen LogP contribution in [0.25, 0.3) is 16.7 Å². The van der Waals surface area contributed by atoms with Gasteiger partial charge in [-0.05, 0) is 19.1 Å². The molecule has 2 heterocycles. The predicted octanol–water partition coefficient (Wildman–Crippen LogP) is 2.85. The van der Waals surface area contributed by atoms with Gasteiger partial charge in [0, 0.05) is 5.02 Å². The number of nitrogens with zero attached hydrogens (tertiary/aromatic N) is 2. The first-order valence-corrected chi connectivity index (χ1v) is 6.45. The zero-order valence-electron chi connectivity index (χ0n) is 10.5. The van der Waals surface area contributed by atoms with Crippen LogP contribution in [0.1, 0.15) is 5.69 Å². The summed E-state index contributed by atoms with van der Waals surface area (Å²) in [6.45, 7) is 1.57. The quantitative estimate of drug-likeness (QED) is 0.670. The number of nitrogens with one attached hydrogen (secondary N) is 1. The second-order valence-electron chi connectivity index (χ2n) is 4.27. The summed E-state index contributed by atoms with van der Waals surface area (Å²) in [5, 5.41) is 9.35. The van der Waals surface area contributed by atoms with E-state index in [4.69, 9.17) is 28.3 Å². The minimum atomic E-state index is -1.52. The standard InChI is InChI=1S/C12H7Cl2N3O4/c1-4-11(21-12(19)20)16-9-10(18)15-7-3-5(13)2-6(14)8(7)17(4)9/h2-3H,1H3,(H,15,18)(H,19,20). The van der Waals surface area contributed by atoms with E-state index in [1.165, 1.54) is 10.5 Å². The van der Waals surface area contributed by atoms with Gasteiger partial charge in [0.15, 0.2) is 0 Å². The van der Waals surface area contributed by atoms with Crippen molar-refractivity contribution < 1.29 is 14.6 Å². The van der Waals surface area contributed by atoms with Gasteiger partial charge in [-0.25, -0.2) is 4.79 Å². The number of carbonyl (C=O) groups is 1. The number of hydrogen-bond acceptors (Lipinski definition) is 4. The van der Waals surface area contributed by atoms with Gasteiger partial charge in [0.2, 0.25) is 11.5 Å². The highest BCUT2D eigenvalue weighted by Gasteiger charge is 2.19. The summed E-state index contributed by atoms with van der Waals surface area (Å²) in [6.07, 6.45) is -1.52. The van der Waals surface area contributed by atoms with Crippen molar-refractivity contribution in [2.45, 2.75) is 6.92 Å². The molecule has 9 heteroatoms. The largest absolute Gasteiger partial charge is 0.512 e. The van der Waals surface area contributed by atoms with Crippen molar-refractivity contribution in [3.05, 3.63) is 38.2 Å². The van der Waals surface area contributed by atoms with Gasteiger partial charge in [-0.3, -0.25) is 9.20 Å². The normalized spacial score (nSPS) is 11.2. The van der Waals surface area contributed by atoms with Gasteiger partial charge in [0.1, 0.15) is 0 Å². The van der Waals surface area contributed by atoms with Crippen LogP contribution in [0.3, 0.4) is 0 Å². The number of H-pyrrole nitrogens is 1. The highest BCUT2D eigenvalue weighted by atomic mass is 35.5. The van der Waals surface area contributed by atoms with Crippen LogP contribution in [0, 0.1) is 6.92 Å². The van der Waals surface area contributed by atoms with E-state index >= 15 is 0 Å². The van der Waals surface area contributed by atoms with Crippen LogP contribution in [-0.4, -0.2) is 25.6 Å². The van der Waals surface area contributed by atoms with E-state index in [0.29, 0.717) is 26.8 Å². The Balaban J connectivity index is 2.51. The Kier molecular flexibility index (Phi) is 3.03. The highest BCUT2D eigenvalue weighted by molar-refractivity contribution is 6.38. The van der Waals surface area contributed by atoms with E-state index in [-0.39, 0.29) is 11.5 Å². The average molecular weight is 328 g/mol. The number of rotatable bonds is 1. The summed E-state index contributed by atoms with van der Waals surface area (Å²) < 4.78 is 6.00. The van der Waals surface area contributed by atoms with Gasteiger partial charge in [0.25, 0.3) is 5.56 Å². The lowest BCUT2D eigenvalue weighted by molar-refractivity contribution is 0.142. The molecule has 0 bridgehead atoms. The minimum Gasteiger partial charge on any atom is -0.449 e. The SMILES string of the molecule is Cc1c(OC(=O)O)nc2c(=O)[nH]c3cc(Cl)cc(Cl)c3n12. The summed E-state index contributed by atoms with van der Waals surface area (Å²) in [6, 6.07) is 3.06. The summed E-state index contributed by atoms with van der Waals surface area (Å²) in [4.78, 5) is 29.2. The lowest BCUT2D eigenvalue weighted by Crippen LogP contribution is -2.11. The Morgan fingerprint density at radius 2 is 2.14 bits per heavy atom. The maximum absolute atomic E-state index is 12.0. The van der Waals surface area contributed by atoms with Crippen LogP contribution in [0.15, 0.2) is 16.9 Å². The van der Waals surface area contributed by atoms with E-state index in [1.54, 1.807) is 13.0 Å². The third kappa shape index (κ3) is 2.10. The molecule has 0 aliphatic rings. The fourth-order valence-electron chi connectivity index (χ4n) is 2.15. The fourth-order valence-corrected chi connectivity index (χ4v) is 2.73. The zero-order chi connectivity index (χ0) is 15.3. The fraction of sp³-hybridized carbons (Fsp3) is 0.0833. The number of hydrogen-bond donors (Lipinski definition) is 2. The van der Waals surface area contributed by atoms with E-state index in [1.807, 2.05) is 0 Å². The lowest BCUT2D eigenvalue weighted by Gasteiger charge is -2.06. The van der Waals surface area contributed by atoms with Crippen LogP contribution in [-0.2, 0) is 0 Å². The number of aryl methyl sites for hydroxylation is 1. The number of fused-ring (bicyclic) bond motifs is 3. The maximum atomic E-state index is 12.0. The second-order valence-corrected chi connectivity index (χ2v) is 5.11. The molecular weight excluding hydrogens is 321 g/mol. The zero-order valence-corrected chi connectivity index (χ0v) is 12.0. The minimum absolute atomic E-state index is 0.0135. The van der Waals surface area contributed by atoms with Crippen LogP contribution in [0.2, 0.25) is 10.0 Å². The van der Waals surface area contributed by atoms with Crippen molar-refractivity contribution in [3.8, 4) is 5.88 Å². The van der Waals surface area contributed by atoms with Crippen molar-refractivity contribution in [1.29, 1.82) is 0 Å². The van der Waals surface area contributed by atoms with Crippen molar-refractivity contribution in [3.63, 3.8) is 0 Å². The first-order valence-electron chi connectivity index (χ1n) is 5.69. The molecule has 0 spiro atoms. The second kappa shape index (κ2) is 4.64. The van der Waals surface area contributed by atoms with Crippen molar-refractivity contribution in [2.75, 3.05) is 0 Å². The molecule has 0 aliphatic heterocycles. The van der Waals surface area contributed by atoms with Gasteiger partial charge in [-0.15, -0.1) is 0 Å². The first kappa shape index (κ1) is 13.7. The Hall–Kier alpha value is -2.25. The van der Waals surface area contributed by atoms with Gasteiger partial charge in [0.05, 0.1) is 21.7 Å². The van der Waals surface area contributed by atoms with Crippen molar-refractivity contribution >= 4 is 46.0 Å². The van der Waals surface area contributed by atoms with Crippen LogP contribution in [0.5, 0.6) is 5.88 Å². The van der Waals surface area contributed by atoms with Gasteiger partial charge in [-0.2, -0.15) is 4.98 Å². The molecule has 0 saturated carbocycles. The number of ether oxygens (including phenoxy) is 1. The Bertz CT molecular complexity index is 961. The van der Waals surface area contributed by atoms with Gasteiger partial charge >= 0.3 is 6.16 Å². The number of aromatic amines is 1. The molecule has 0 aliphatic carbocycles. The van der Waals surface area contributed by atoms with Crippen molar-refractivity contribution in [2.24, 2.45) is 0 Å². The average Bonchev–Trinajstić information content (AvgIpc) is 2.67. The summed E-state index contributed by atoms with van der Waals surface area (Å²) in [5.41, 5.74) is 0.686. The molecule has 2 aromatic heterocycles. The monoisotopic (exact) mass is 327 g/mol. The molecule has 0 radical (unpaired) electrons. The van der Waals surface area contributed by atoms with Crippen LogP contribution >= 0.6 is 23.2 Å². The topological polar surface area (TPSA) is 96.7 Å². The van der Waals surface area contributed by atoms with Gasteiger partial charge in [-0.1, -0.05) is 23.2 Å². The Labute approximate surface area is 126 Å². The molecular formula is C12H7Cl2N3O4. The maximum Gasteiger partial charge on any atom is 0.512 e. The van der Waals surface area contributed by atoms with E-state index in [9.17, 15) is 9.59 Å². The number of imidazole rings is 1. The Morgan fingerprint density at radius 1 is 1.43 bits per heavy atom. The van der Waals surface area contributed by atoms with Gasteiger partial charge < -0.3 is 14.8 Å². The highest BCUT2D eigenvalue weighted by Crippen LogP contribution is 2.29. The third-order valence-electron chi connectivity index (χ3n) is 2.95.